The number of likely N-dealkylation sites (tertiary alicyclic amines) is 1. The number of carbonyl (C=O) groups excluding carboxylic acids is 1. The van der Waals surface area contributed by atoms with Crippen LogP contribution in [0.5, 0.6) is 5.75 Å². The molecule has 3 atom stereocenters. The second-order valence-electron chi connectivity index (χ2n) is 7.88. The molecular formula is C23H30N4O2. The first kappa shape index (κ1) is 19.9. The molecule has 2 aliphatic rings. The van der Waals surface area contributed by atoms with E-state index >= 15 is 0 Å². The molecule has 0 radical (unpaired) electrons. The van der Waals surface area contributed by atoms with Gasteiger partial charge in [-0.25, -0.2) is 0 Å². The van der Waals surface area contributed by atoms with Gasteiger partial charge in [0.1, 0.15) is 5.75 Å². The van der Waals surface area contributed by atoms with Gasteiger partial charge in [0.15, 0.2) is 0 Å². The van der Waals surface area contributed by atoms with Crippen molar-refractivity contribution in [2.45, 2.75) is 51.1 Å². The predicted molar refractivity (Wildman–Crippen MR) is 113 cm³/mol. The van der Waals surface area contributed by atoms with Crippen molar-refractivity contribution in [2.75, 3.05) is 19.7 Å². The van der Waals surface area contributed by atoms with Crippen LogP contribution >= 0.6 is 0 Å². The fraction of sp³-hybridized carbons (Fsp3) is 0.478. The molecule has 0 saturated carbocycles. The Morgan fingerprint density at radius 1 is 1.28 bits per heavy atom. The van der Waals surface area contributed by atoms with Gasteiger partial charge in [0, 0.05) is 43.5 Å². The molecule has 2 N–H and O–H groups in total. The minimum Gasteiger partial charge on any atom is -0.493 e. The molecule has 2 aliphatic heterocycles. The third-order valence-electron chi connectivity index (χ3n) is 6.13. The highest BCUT2D eigenvalue weighted by Crippen LogP contribution is 2.33. The third-order valence-corrected chi connectivity index (χ3v) is 6.13. The molecule has 1 amide bonds. The Balaban J connectivity index is 1.62. The molecule has 2 saturated heterocycles. The van der Waals surface area contributed by atoms with E-state index in [-0.39, 0.29) is 18.0 Å². The van der Waals surface area contributed by atoms with E-state index in [1.807, 2.05) is 43.6 Å². The van der Waals surface area contributed by atoms with Crippen molar-refractivity contribution in [3.63, 3.8) is 0 Å². The largest absolute Gasteiger partial charge is 0.493 e. The third kappa shape index (κ3) is 4.00. The van der Waals surface area contributed by atoms with E-state index in [1.54, 1.807) is 0 Å². The number of rotatable bonds is 5. The number of para-hydroxylation sites is 1. The molecule has 6 heteroatoms. The number of carbonyl (C=O) groups is 1. The zero-order chi connectivity index (χ0) is 20.2. The van der Waals surface area contributed by atoms with Crippen molar-refractivity contribution < 1.29 is 9.53 Å². The lowest BCUT2D eigenvalue weighted by Crippen LogP contribution is -2.55. The van der Waals surface area contributed by atoms with Gasteiger partial charge in [-0.15, -0.1) is 0 Å². The molecular weight excluding hydrogens is 364 g/mol. The number of piperidine rings is 1. The van der Waals surface area contributed by atoms with E-state index in [2.05, 4.69) is 33.7 Å². The number of pyridine rings is 1. The summed E-state index contributed by atoms with van der Waals surface area (Å²) in [5.41, 5.74) is 9.98. The smallest absolute Gasteiger partial charge is 0.257 e. The van der Waals surface area contributed by atoms with Crippen LogP contribution in [-0.4, -0.2) is 47.6 Å². The fourth-order valence-electron chi connectivity index (χ4n) is 4.74. The standard InChI is InChI=1S/C23H30N4O2/c1-3-29-21-10-5-4-8-18(21)23(28)27-13-7-6-9-20(27)22-19(15-25-26-22)17-11-12-24-14-16(17)2/h4-5,8,10-12,14,19-20,22,25-26H,3,6-7,9,13,15H2,1-2H3. The summed E-state index contributed by atoms with van der Waals surface area (Å²) in [6, 6.07) is 10.0. The Kier molecular flexibility index (Phi) is 6.11. The van der Waals surface area contributed by atoms with Crippen molar-refractivity contribution in [1.29, 1.82) is 0 Å². The zero-order valence-corrected chi connectivity index (χ0v) is 17.2. The Bertz CT molecular complexity index is 856. The summed E-state index contributed by atoms with van der Waals surface area (Å²) < 4.78 is 5.73. The Morgan fingerprint density at radius 3 is 2.97 bits per heavy atom. The van der Waals surface area contributed by atoms with E-state index in [0.29, 0.717) is 23.8 Å². The van der Waals surface area contributed by atoms with Crippen LogP contribution in [0.4, 0.5) is 0 Å². The van der Waals surface area contributed by atoms with E-state index < -0.39 is 0 Å². The van der Waals surface area contributed by atoms with Gasteiger partial charge in [0.25, 0.3) is 5.91 Å². The van der Waals surface area contributed by atoms with E-state index in [1.165, 1.54) is 11.1 Å². The number of hydrazine groups is 1. The van der Waals surface area contributed by atoms with Gasteiger partial charge in [-0.1, -0.05) is 12.1 Å². The van der Waals surface area contributed by atoms with Gasteiger partial charge in [-0.3, -0.25) is 20.6 Å². The molecule has 4 rings (SSSR count). The maximum Gasteiger partial charge on any atom is 0.257 e. The van der Waals surface area contributed by atoms with Crippen molar-refractivity contribution >= 4 is 5.91 Å². The van der Waals surface area contributed by atoms with Gasteiger partial charge in [0.2, 0.25) is 0 Å². The molecule has 0 spiro atoms. The molecule has 154 valence electrons. The molecule has 1 aromatic carbocycles. The second-order valence-corrected chi connectivity index (χ2v) is 7.88. The first-order chi connectivity index (χ1) is 14.2. The van der Waals surface area contributed by atoms with Crippen molar-refractivity contribution in [3.8, 4) is 5.75 Å². The lowest BCUT2D eigenvalue weighted by atomic mass is 9.83. The van der Waals surface area contributed by atoms with Crippen LogP contribution < -0.4 is 15.6 Å². The SMILES string of the molecule is CCOc1ccccc1C(=O)N1CCCCC1C1NNCC1c1ccncc1C. The predicted octanol–water partition coefficient (Wildman–Crippen LogP) is 3.04. The molecule has 29 heavy (non-hydrogen) atoms. The van der Waals surface area contributed by atoms with Crippen molar-refractivity contribution in [3.05, 3.63) is 59.4 Å². The minimum absolute atomic E-state index is 0.0673. The minimum atomic E-state index is 0.0673. The summed E-state index contributed by atoms with van der Waals surface area (Å²) in [5, 5.41) is 0. The molecule has 2 fully saturated rings. The van der Waals surface area contributed by atoms with Gasteiger partial charge in [-0.05, 0) is 62.4 Å². The second kappa shape index (κ2) is 8.93. The Labute approximate surface area is 172 Å². The van der Waals surface area contributed by atoms with Crippen LogP contribution in [0.2, 0.25) is 0 Å². The van der Waals surface area contributed by atoms with Crippen LogP contribution in [0.15, 0.2) is 42.7 Å². The van der Waals surface area contributed by atoms with Crippen LogP contribution in [-0.2, 0) is 0 Å². The normalized spacial score (nSPS) is 24.5. The van der Waals surface area contributed by atoms with Gasteiger partial charge < -0.3 is 9.64 Å². The number of hydrogen-bond donors (Lipinski definition) is 2. The molecule has 0 aliphatic carbocycles. The number of nitrogens with zero attached hydrogens (tertiary/aromatic N) is 2. The van der Waals surface area contributed by atoms with Crippen LogP contribution in [0, 0.1) is 6.92 Å². The van der Waals surface area contributed by atoms with Crippen LogP contribution in [0.1, 0.15) is 53.6 Å². The summed E-state index contributed by atoms with van der Waals surface area (Å²) in [6.07, 6.45) is 6.97. The quantitative estimate of drug-likeness (QED) is 0.816. The number of aryl methyl sites for hydroxylation is 1. The topological polar surface area (TPSA) is 66.5 Å². The summed E-state index contributed by atoms with van der Waals surface area (Å²) >= 11 is 0. The lowest BCUT2D eigenvalue weighted by Gasteiger charge is -2.41. The first-order valence-electron chi connectivity index (χ1n) is 10.6. The maximum absolute atomic E-state index is 13.6. The van der Waals surface area contributed by atoms with Gasteiger partial charge >= 0.3 is 0 Å². The van der Waals surface area contributed by atoms with Crippen LogP contribution in [0.3, 0.4) is 0 Å². The average Bonchev–Trinajstić information content (AvgIpc) is 3.24. The molecule has 0 bridgehead atoms. The molecule has 2 aromatic rings. The maximum atomic E-state index is 13.6. The Morgan fingerprint density at radius 2 is 2.14 bits per heavy atom. The monoisotopic (exact) mass is 394 g/mol. The lowest BCUT2D eigenvalue weighted by molar-refractivity contribution is 0.0546. The zero-order valence-electron chi connectivity index (χ0n) is 17.2. The van der Waals surface area contributed by atoms with Gasteiger partial charge in [0.05, 0.1) is 12.2 Å². The molecule has 3 unspecified atom stereocenters. The summed E-state index contributed by atoms with van der Waals surface area (Å²) in [7, 11) is 0. The van der Waals surface area contributed by atoms with Crippen molar-refractivity contribution in [1.82, 2.24) is 20.7 Å². The number of hydrogen-bond acceptors (Lipinski definition) is 5. The highest BCUT2D eigenvalue weighted by Gasteiger charge is 2.41. The van der Waals surface area contributed by atoms with Crippen molar-refractivity contribution in [2.24, 2.45) is 0 Å². The number of aromatic nitrogens is 1. The molecule has 6 nitrogen and oxygen atoms in total. The number of nitrogens with one attached hydrogen (secondary N) is 2. The molecule has 1 aromatic heterocycles. The highest BCUT2D eigenvalue weighted by molar-refractivity contribution is 5.97. The number of benzene rings is 1. The molecule has 3 heterocycles. The average molecular weight is 395 g/mol. The summed E-state index contributed by atoms with van der Waals surface area (Å²) in [5.74, 6) is 1.04. The first-order valence-corrected chi connectivity index (χ1v) is 10.6. The van der Waals surface area contributed by atoms with E-state index in [9.17, 15) is 4.79 Å². The summed E-state index contributed by atoms with van der Waals surface area (Å²) in [6.45, 7) is 6.24. The Hall–Kier alpha value is -2.44. The number of ether oxygens (including phenoxy) is 1. The van der Waals surface area contributed by atoms with E-state index in [4.69, 9.17) is 4.74 Å². The van der Waals surface area contributed by atoms with Crippen LogP contribution in [0.25, 0.3) is 0 Å². The summed E-state index contributed by atoms with van der Waals surface area (Å²) in [4.78, 5) is 19.9. The number of amides is 1. The highest BCUT2D eigenvalue weighted by atomic mass is 16.5. The fourth-order valence-corrected chi connectivity index (χ4v) is 4.74. The van der Waals surface area contributed by atoms with Gasteiger partial charge in [-0.2, -0.15) is 0 Å². The van der Waals surface area contributed by atoms with E-state index in [0.717, 1.165) is 32.4 Å².